The molecule has 116 valence electrons. The van der Waals surface area contributed by atoms with Gasteiger partial charge in [0.1, 0.15) is 6.54 Å². The Balaban J connectivity index is 2.00. The van der Waals surface area contributed by atoms with Gasteiger partial charge in [0.2, 0.25) is 11.8 Å². The first-order valence-corrected chi connectivity index (χ1v) is 7.03. The van der Waals surface area contributed by atoms with Crippen LogP contribution in [-0.2, 0) is 16.1 Å². The average molecular weight is 308 g/mol. The summed E-state index contributed by atoms with van der Waals surface area (Å²) in [6, 6.07) is 12.2. The van der Waals surface area contributed by atoms with Crippen molar-refractivity contribution in [3.05, 3.63) is 59.9 Å². The van der Waals surface area contributed by atoms with Crippen LogP contribution in [0.3, 0.4) is 0 Å². The Morgan fingerprint density at radius 2 is 2.00 bits per heavy atom. The molecule has 2 aromatic rings. The largest absolute Gasteiger partial charge is 0.329 e. The molecular formula is C17H16N4O2. The number of hydrogen-bond donors (Lipinski definition) is 1. The molecule has 2 rings (SSSR count). The van der Waals surface area contributed by atoms with Gasteiger partial charge in [0.15, 0.2) is 0 Å². The lowest BCUT2D eigenvalue weighted by Crippen LogP contribution is -2.36. The van der Waals surface area contributed by atoms with E-state index in [-0.39, 0.29) is 18.4 Å². The number of anilines is 1. The molecule has 6 nitrogen and oxygen atoms in total. The van der Waals surface area contributed by atoms with Crippen molar-refractivity contribution in [3.63, 3.8) is 0 Å². The van der Waals surface area contributed by atoms with E-state index in [1.54, 1.807) is 48.8 Å². The number of amides is 2. The van der Waals surface area contributed by atoms with Gasteiger partial charge in [0, 0.05) is 31.5 Å². The van der Waals surface area contributed by atoms with E-state index >= 15 is 0 Å². The maximum absolute atomic E-state index is 12.1. The molecule has 1 aromatic carbocycles. The highest BCUT2D eigenvalue weighted by atomic mass is 16.2. The van der Waals surface area contributed by atoms with Crippen LogP contribution in [0.1, 0.15) is 18.1 Å². The Labute approximate surface area is 134 Å². The van der Waals surface area contributed by atoms with Gasteiger partial charge in [0.05, 0.1) is 11.6 Å². The number of rotatable bonds is 5. The highest BCUT2D eigenvalue weighted by Crippen LogP contribution is 2.10. The zero-order chi connectivity index (χ0) is 16.7. The van der Waals surface area contributed by atoms with Crippen LogP contribution in [0.4, 0.5) is 5.69 Å². The third-order valence-corrected chi connectivity index (χ3v) is 3.18. The van der Waals surface area contributed by atoms with Crippen molar-refractivity contribution in [2.75, 3.05) is 11.9 Å². The molecule has 0 bridgehead atoms. The smallest absolute Gasteiger partial charge is 0.244 e. The monoisotopic (exact) mass is 308 g/mol. The first-order valence-electron chi connectivity index (χ1n) is 7.03. The van der Waals surface area contributed by atoms with Crippen LogP contribution in [0.25, 0.3) is 0 Å². The summed E-state index contributed by atoms with van der Waals surface area (Å²) in [6.45, 7) is 1.70. The lowest BCUT2D eigenvalue weighted by atomic mass is 10.2. The van der Waals surface area contributed by atoms with E-state index in [2.05, 4.69) is 10.3 Å². The minimum absolute atomic E-state index is 0.0611. The van der Waals surface area contributed by atoms with Gasteiger partial charge in [-0.05, 0) is 35.9 Å². The van der Waals surface area contributed by atoms with Crippen molar-refractivity contribution in [1.29, 1.82) is 5.26 Å². The van der Waals surface area contributed by atoms with Crippen molar-refractivity contribution in [2.45, 2.75) is 13.5 Å². The molecular weight excluding hydrogens is 292 g/mol. The zero-order valence-corrected chi connectivity index (χ0v) is 12.7. The maximum atomic E-state index is 12.1. The Morgan fingerprint density at radius 1 is 1.26 bits per heavy atom. The second-order valence-corrected chi connectivity index (χ2v) is 4.97. The molecule has 0 fully saturated rings. The minimum atomic E-state index is -0.315. The highest BCUT2D eigenvalue weighted by Gasteiger charge is 2.14. The molecule has 23 heavy (non-hydrogen) atoms. The van der Waals surface area contributed by atoms with Gasteiger partial charge in [-0.1, -0.05) is 6.07 Å². The van der Waals surface area contributed by atoms with Crippen molar-refractivity contribution in [2.24, 2.45) is 0 Å². The Morgan fingerprint density at radius 3 is 2.65 bits per heavy atom. The number of nitrogens with one attached hydrogen (secondary N) is 1. The summed E-state index contributed by atoms with van der Waals surface area (Å²) in [5.74, 6) is -0.507. The van der Waals surface area contributed by atoms with Crippen molar-refractivity contribution >= 4 is 17.5 Å². The molecule has 0 atom stereocenters. The van der Waals surface area contributed by atoms with Gasteiger partial charge in [-0.25, -0.2) is 0 Å². The number of nitriles is 1. The number of carbonyl (C=O) groups excluding carboxylic acids is 2. The van der Waals surface area contributed by atoms with Crippen molar-refractivity contribution in [1.82, 2.24) is 9.88 Å². The van der Waals surface area contributed by atoms with Gasteiger partial charge < -0.3 is 10.2 Å². The molecule has 0 unspecified atom stereocenters. The van der Waals surface area contributed by atoms with Crippen LogP contribution in [-0.4, -0.2) is 28.2 Å². The molecule has 0 aliphatic rings. The lowest BCUT2D eigenvalue weighted by Gasteiger charge is -2.20. The van der Waals surface area contributed by atoms with E-state index in [0.717, 1.165) is 5.56 Å². The molecule has 0 saturated carbocycles. The molecule has 2 amide bonds. The maximum Gasteiger partial charge on any atom is 0.244 e. The van der Waals surface area contributed by atoms with Crippen molar-refractivity contribution < 1.29 is 9.59 Å². The number of nitrogens with zero attached hydrogens (tertiary/aromatic N) is 3. The van der Waals surface area contributed by atoms with Crippen LogP contribution in [0.2, 0.25) is 0 Å². The van der Waals surface area contributed by atoms with Crippen LogP contribution in [0.5, 0.6) is 0 Å². The Bertz CT molecular complexity index is 738. The molecule has 6 heteroatoms. The van der Waals surface area contributed by atoms with E-state index in [1.165, 1.54) is 11.8 Å². The predicted octanol–water partition coefficient (Wildman–Crippen LogP) is 1.94. The summed E-state index contributed by atoms with van der Waals surface area (Å²) >= 11 is 0. The minimum Gasteiger partial charge on any atom is -0.329 e. The molecule has 1 N–H and O–H groups in total. The summed E-state index contributed by atoms with van der Waals surface area (Å²) < 4.78 is 0. The Kier molecular flexibility index (Phi) is 5.42. The fourth-order valence-corrected chi connectivity index (χ4v) is 2.03. The van der Waals surface area contributed by atoms with E-state index in [0.29, 0.717) is 17.8 Å². The second kappa shape index (κ2) is 7.71. The second-order valence-electron chi connectivity index (χ2n) is 4.97. The third kappa shape index (κ3) is 4.93. The summed E-state index contributed by atoms with van der Waals surface area (Å²) in [6.07, 6.45) is 3.28. The van der Waals surface area contributed by atoms with Crippen LogP contribution in [0, 0.1) is 11.3 Å². The standard InChI is InChI=1S/C17H16N4O2/c1-13(22)21(11-14-5-7-19-8-6-14)12-17(23)20-16-4-2-3-15(9-16)10-18/h2-9H,11-12H2,1H3,(H,20,23). The SMILES string of the molecule is CC(=O)N(CC(=O)Nc1cccc(C#N)c1)Cc1ccncc1. The molecule has 0 saturated heterocycles. The van der Waals surface area contributed by atoms with E-state index in [1.807, 2.05) is 6.07 Å². The molecule has 1 aromatic heterocycles. The normalized spacial score (nSPS) is 9.74. The Hall–Kier alpha value is -3.20. The summed E-state index contributed by atoms with van der Waals surface area (Å²) in [7, 11) is 0. The number of aromatic nitrogens is 1. The third-order valence-electron chi connectivity index (χ3n) is 3.18. The summed E-state index contributed by atoms with van der Waals surface area (Å²) in [4.78, 5) is 29.2. The average Bonchev–Trinajstić information content (AvgIpc) is 2.55. The van der Waals surface area contributed by atoms with Crippen molar-refractivity contribution in [3.8, 4) is 6.07 Å². The van der Waals surface area contributed by atoms with Crippen LogP contribution >= 0.6 is 0 Å². The number of hydrogen-bond acceptors (Lipinski definition) is 4. The predicted molar refractivity (Wildman–Crippen MR) is 85.1 cm³/mol. The first-order chi connectivity index (χ1) is 11.1. The van der Waals surface area contributed by atoms with Gasteiger partial charge in [-0.3, -0.25) is 14.6 Å². The van der Waals surface area contributed by atoms with E-state index < -0.39 is 0 Å². The van der Waals surface area contributed by atoms with Gasteiger partial charge in [0.25, 0.3) is 0 Å². The zero-order valence-electron chi connectivity index (χ0n) is 12.7. The molecule has 0 radical (unpaired) electrons. The fourth-order valence-electron chi connectivity index (χ4n) is 2.03. The number of pyridine rings is 1. The first kappa shape index (κ1) is 16.2. The van der Waals surface area contributed by atoms with Crippen LogP contribution in [0.15, 0.2) is 48.8 Å². The topological polar surface area (TPSA) is 86.1 Å². The van der Waals surface area contributed by atoms with Gasteiger partial charge >= 0.3 is 0 Å². The van der Waals surface area contributed by atoms with Gasteiger partial charge in [-0.15, -0.1) is 0 Å². The molecule has 0 aliphatic heterocycles. The highest BCUT2D eigenvalue weighted by molar-refractivity contribution is 5.94. The van der Waals surface area contributed by atoms with E-state index in [9.17, 15) is 9.59 Å². The van der Waals surface area contributed by atoms with Gasteiger partial charge in [-0.2, -0.15) is 5.26 Å². The molecule has 0 aliphatic carbocycles. The summed E-state index contributed by atoms with van der Waals surface area (Å²) in [5.41, 5.74) is 1.89. The summed E-state index contributed by atoms with van der Waals surface area (Å²) in [5, 5.41) is 11.5. The quantitative estimate of drug-likeness (QED) is 0.914. The van der Waals surface area contributed by atoms with E-state index in [4.69, 9.17) is 5.26 Å². The fraction of sp³-hybridized carbons (Fsp3) is 0.176. The number of carbonyl (C=O) groups is 2. The number of benzene rings is 1. The molecule has 1 heterocycles. The molecule has 0 spiro atoms. The lowest BCUT2D eigenvalue weighted by molar-refractivity contribution is -0.133. The van der Waals surface area contributed by atoms with Crippen LogP contribution < -0.4 is 5.32 Å².